The van der Waals surface area contributed by atoms with Crippen LogP contribution in [0.15, 0.2) is 30.3 Å². The van der Waals surface area contributed by atoms with Gasteiger partial charge < -0.3 is 5.11 Å². The van der Waals surface area contributed by atoms with E-state index in [0.717, 1.165) is 0 Å². The topological polar surface area (TPSA) is 23.5 Å². The quantitative estimate of drug-likeness (QED) is 0.826. The Morgan fingerprint density at radius 2 is 1.50 bits per heavy atom. The highest BCUT2D eigenvalue weighted by Gasteiger charge is 2.24. The van der Waals surface area contributed by atoms with Crippen molar-refractivity contribution in [2.75, 3.05) is 6.61 Å². The zero-order valence-corrected chi connectivity index (χ0v) is 10.7. The molecule has 0 radical (unpaired) electrons. The molecule has 1 aromatic carbocycles. The first-order valence-electron chi connectivity index (χ1n) is 6.01. The average Bonchev–Trinajstić information content (AvgIpc) is 2.25. The minimum absolute atomic E-state index is 0.0983. The second-order valence-corrected chi connectivity index (χ2v) is 4.74. The van der Waals surface area contributed by atoms with Crippen LogP contribution in [0.25, 0.3) is 0 Å². The van der Waals surface area contributed by atoms with E-state index in [4.69, 9.17) is 0 Å². The van der Waals surface area contributed by atoms with Gasteiger partial charge in [0.15, 0.2) is 0 Å². The molecule has 0 saturated carbocycles. The van der Waals surface area contributed by atoms with Crippen LogP contribution in [0.4, 0.5) is 0 Å². The Balaban J connectivity index is 2.96. The van der Waals surface area contributed by atoms with Crippen molar-refractivity contribution in [1.82, 2.24) is 4.90 Å². The molecule has 90 valence electrons. The summed E-state index contributed by atoms with van der Waals surface area (Å²) in [5.41, 5.74) is 1.19. The lowest BCUT2D eigenvalue weighted by Crippen LogP contribution is -2.41. The van der Waals surface area contributed by atoms with E-state index in [0.29, 0.717) is 12.1 Å². The van der Waals surface area contributed by atoms with Crippen LogP contribution in [-0.2, 0) is 0 Å². The molecule has 2 heteroatoms. The Morgan fingerprint density at radius 1 is 1.00 bits per heavy atom. The Bertz CT molecular complexity index is 287. The van der Waals surface area contributed by atoms with Gasteiger partial charge in [0.2, 0.25) is 0 Å². The molecular weight excluding hydrogens is 198 g/mol. The number of aliphatic hydroxyl groups is 1. The number of hydrogen-bond acceptors (Lipinski definition) is 2. The number of nitrogens with zero attached hydrogens (tertiary/aromatic N) is 1. The van der Waals surface area contributed by atoms with E-state index in [2.05, 4.69) is 44.7 Å². The van der Waals surface area contributed by atoms with Crippen molar-refractivity contribution in [3.05, 3.63) is 35.9 Å². The first kappa shape index (κ1) is 13.2. The van der Waals surface area contributed by atoms with Crippen molar-refractivity contribution in [3.63, 3.8) is 0 Å². The minimum Gasteiger partial charge on any atom is -0.394 e. The fourth-order valence-corrected chi connectivity index (χ4v) is 2.36. The lowest BCUT2D eigenvalue weighted by atomic mass is 10.0. The van der Waals surface area contributed by atoms with E-state index in [9.17, 15) is 5.11 Å². The molecule has 0 aliphatic rings. The van der Waals surface area contributed by atoms with Crippen LogP contribution in [0.5, 0.6) is 0 Å². The van der Waals surface area contributed by atoms with Crippen molar-refractivity contribution in [1.29, 1.82) is 0 Å². The normalized spacial score (nSPS) is 13.8. The lowest BCUT2D eigenvalue weighted by molar-refractivity contribution is 0.0670. The van der Waals surface area contributed by atoms with Gasteiger partial charge in [-0.3, -0.25) is 4.90 Å². The fraction of sp³-hybridized carbons (Fsp3) is 0.571. The van der Waals surface area contributed by atoms with Crippen LogP contribution in [-0.4, -0.2) is 28.7 Å². The van der Waals surface area contributed by atoms with Gasteiger partial charge in [-0.1, -0.05) is 30.3 Å². The van der Waals surface area contributed by atoms with Crippen LogP contribution < -0.4 is 0 Å². The van der Waals surface area contributed by atoms with Crippen molar-refractivity contribution in [2.24, 2.45) is 0 Å². The van der Waals surface area contributed by atoms with Crippen molar-refractivity contribution < 1.29 is 5.11 Å². The molecule has 0 unspecified atom stereocenters. The standard InChI is InChI=1S/C14H23NO/c1-11(2)15(12(3)4)14(10-16)13-8-6-5-7-9-13/h5-9,11-12,14,16H,10H2,1-4H3/t14-/m1/s1. The van der Waals surface area contributed by atoms with E-state index in [-0.39, 0.29) is 12.6 Å². The summed E-state index contributed by atoms with van der Waals surface area (Å²) in [4.78, 5) is 2.34. The molecule has 1 aromatic rings. The van der Waals surface area contributed by atoms with E-state index in [1.54, 1.807) is 0 Å². The summed E-state index contributed by atoms with van der Waals surface area (Å²) in [5, 5.41) is 9.61. The molecule has 0 aliphatic carbocycles. The van der Waals surface area contributed by atoms with E-state index in [1.165, 1.54) is 5.56 Å². The van der Waals surface area contributed by atoms with Gasteiger partial charge in [0.05, 0.1) is 12.6 Å². The second-order valence-electron chi connectivity index (χ2n) is 4.74. The molecule has 0 amide bonds. The summed E-state index contributed by atoms with van der Waals surface area (Å²) in [6.45, 7) is 8.86. The third-order valence-corrected chi connectivity index (χ3v) is 2.91. The van der Waals surface area contributed by atoms with Gasteiger partial charge in [-0.25, -0.2) is 0 Å². The molecule has 1 rings (SSSR count). The van der Waals surface area contributed by atoms with Gasteiger partial charge in [0.25, 0.3) is 0 Å². The Kier molecular flexibility index (Phi) is 4.97. The Hall–Kier alpha value is -0.860. The maximum atomic E-state index is 9.61. The van der Waals surface area contributed by atoms with Crippen LogP contribution in [0.2, 0.25) is 0 Å². The minimum atomic E-state index is 0.0983. The third-order valence-electron chi connectivity index (χ3n) is 2.91. The zero-order chi connectivity index (χ0) is 12.1. The smallest absolute Gasteiger partial charge is 0.0628 e. The number of hydrogen-bond donors (Lipinski definition) is 1. The highest BCUT2D eigenvalue weighted by atomic mass is 16.3. The predicted molar refractivity (Wildman–Crippen MR) is 68.4 cm³/mol. The molecule has 0 spiro atoms. The van der Waals surface area contributed by atoms with Crippen LogP contribution in [0.1, 0.15) is 39.3 Å². The predicted octanol–water partition coefficient (Wildman–Crippen LogP) is 2.84. The first-order valence-corrected chi connectivity index (χ1v) is 6.01. The summed E-state index contributed by atoms with van der Waals surface area (Å²) in [5.74, 6) is 0. The molecule has 0 heterocycles. The van der Waals surface area contributed by atoms with Gasteiger partial charge in [-0.2, -0.15) is 0 Å². The summed E-state index contributed by atoms with van der Waals surface area (Å²) in [6, 6.07) is 11.2. The van der Waals surface area contributed by atoms with Gasteiger partial charge in [-0.05, 0) is 33.3 Å². The summed E-state index contributed by atoms with van der Waals surface area (Å²) < 4.78 is 0. The van der Waals surface area contributed by atoms with Crippen molar-refractivity contribution in [3.8, 4) is 0 Å². The second kappa shape index (κ2) is 6.02. The molecule has 0 bridgehead atoms. The maximum absolute atomic E-state index is 9.61. The summed E-state index contributed by atoms with van der Waals surface area (Å²) in [6.07, 6.45) is 0. The van der Waals surface area contributed by atoms with Crippen LogP contribution in [0, 0.1) is 0 Å². The zero-order valence-electron chi connectivity index (χ0n) is 10.7. The molecule has 0 saturated heterocycles. The molecular formula is C14H23NO. The molecule has 2 nitrogen and oxygen atoms in total. The molecule has 16 heavy (non-hydrogen) atoms. The first-order chi connectivity index (χ1) is 7.57. The highest BCUT2D eigenvalue weighted by molar-refractivity contribution is 5.19. The molecule has 1 N–H and O–H groups in total. The monoisotopic (exact) mass is 221 g/mol. The number of rotatable bonds is 5. The SMILES string of the molecule is CC(C)N(C(C)C)[C@H](CO)c1ccccc1. The highest BCUT2D eigenvalue weighted by Crippen LogP contribution is 2.24. The molecule has 1 atom stereocenters. The average molecular weight is 221 g/mol. The van der Waals surface area contributed by atoms with E-state index in [1.807, 2.05) is 18.2 Å². The number of aliphatic hydroxyl groups excluding tert-OH is 1. The molecule has 0 aliphatic heterocycles. The largest absolute Gasteiger partial charge is 0.394 e. The van der Waals surface area contributed by atoms with Gasteiger partial charge >= 0.3 is 0 Å². The van der Waals surface area contributed by atoms with Gasteiger partial charge in [0.1, 0.15) is 0 Å². The number of benzene rings is 1. The van der Waals surface area contributed by atoms with Gasteiger partial charge in [0, 0.05) is 12.1 Å². The third kappa shape index (κ3) is 3.06. The molecule has 0 fully saturated rings. The fourth-order valence-electron chi connectivity index (χ4n) is 2.36. The van der Waals surface area contributed by atoms with Gasteiger partial charge in [-0.15, -0.1) is 0 Å². The van der Waals surface area contributed by atoms with Crippen LogP contribution >= 0.6 is 0 Å². The molecule has 0 aromatic heterocycles. The lowest BCUT2D eigenvalue weighted by Gasteiger charge is -2.37. The maximum Gasteiger partial charge on any atom is 0.0628 e. The summed E-state index contributed by atoms with van der Waals surface area (Å²) >= 11 is 0. The Morgan fingerprint density at radius 3 is 1.88 bits per heavy atom. The van der Waals surface area contributed by atoms with Crippen molar-refractivity contribution >= 4 is 0 Å². The summed E-state index contributed by atoms with van der Waals surface area (Å²) in [7, 11) is 0. The van der Waals surface area contributed by atoms with Crippen molar-refractivity contribution in [2.45, 2.75) is 45.8 Å². The Labute approximate surface area is 98.9 Å². The van der Waals surface area contributed by atoms with E-state index < -0.39 is 0 Å². The van der Waals surface area contributed by atoms with E-state index >= 15 is 0 Å². The van der Waals surface area contributed by atoms with Crippen LogP contribution in [0.3, 0.4) is 0 Å².